The van der Waals surface area contributed by atoms with Crippen molar-refractivity contribution in [2.45, 2.75) is 6.92 Å². The summed E-state index contributed by atoms with van der Waals surface area (Å²) in [4.78, 5) is 23.4. The number of rotatable bonds is 2. The van der Waals surface area contributed by atoms with Crippen molar-refractivity contribution in [3.05, 3.63) is 70.1 Å². The van der Waals surface area contributed by atoms with E-state index < -0.39 is 0 Å². The first-order chi connectivity index (χ1) is 9.70. The van der Waals surface area contributed by atoms with Crippen molar-refractivity contribution in [2.24, 2.45) is 0 Å². The second-order valence-corrected chi connectivity index (χ2v) is 4.60. The van der Waals surface area contributed by atoms with Crippen LogP contribution in [-0.4, -0.2) is 6.29 Å². The van der Waals surface area contributed by atoms with Crippen LogP contribution in [0.15, 0.2) is 57.7 Å². The third-order valence-corrected chi connectivity index (χ3v) is 3.29. The molecule has 0 saturated heterocycles. The van der Waals surface area contributed by atoms with Gasteiger partial charge in [-0.3, -0.25) is 9.59 Å². The summed E-state index contributed by atoms with van der Waals surface area (Å²) < 4.78 is 5.71. The second-order valence-electron chi connectivity index (χ2n) is 4.60. The van der Waals surface area contributed by atoms with E-state index in [1.165, 1.54) is 0 Å². The van der Waals surface area contributed by atoms with Gasteiger partial charge in [0.1, 0.15) is 17.6 Å². The van der Waals surface area contributed by atoms with Gasteiger partial charge in [0.2, 0.25) is 5.43 Å². The molecule has 0 bridgehead atoms. The molecule has 3 nitrogen and oxygen atoms in total. The summed E-state index contributed by atoms with van der Waals surface area (Å²) in [6, 6.07) is 14.3. The highest BCUT2D eigenvalue weighted by atomic mass is 16.3. The Kier molecular flexibility index (Phi) is 2.95. The average Bonchev–Trinajstić information content (AvgIpc) is 2.47. The highest BCUT2D eigenvalue weighted by Crippen LogP contribution is 2.24. The molecule has 0 N–H and O–H groups in total. The van der Waals surface area contributed by atoms with Gasteiger partial charge in [0.25, 0.3) is 0 Å². The smallest absolute Gasteiger partial charge is 0.200 e. The number of fused-ring (bicyclic) bond motifs is 1. The monoisotopic (exact) mass is 264 g/mol. The summed E-state index contributed by atoms with van der Waals surface area (Å²) in [6.07, 6.45) is 0.736. The van der Waals surface area contributed by atoms with E-state index in [2.05, 4.69) is 0 Å². The van der Waals surface area contributed by atoms with E-state index in [0.717, 1.165) is 11.8 Å². The predicted molar refractivity (Wildman–Crippen MR) is 78.0 cm³/mol. The Morgan fingerprint density at radius 1 is 1.05 bits per heavy atom. The minimum absolute atomic E-state index is 0.0765. The molecule has 0 saturated carbocycles. The lowest BCUT2D eigenvalue weighted by Crippen LogP contribution is -2.07. The van der Waals surface area contributed by atoms with Gasteiger partial charge < -0.3 is 4.42 Å². The lowest BCUT2D eigenvalue weighted by Gasteiger charge is -2.07. The van der Waals surface area contributed by atoms with Crippen molar-refractivity contribution < 1.29 is 9.21 Å². The van der Waals surface area contributed by atoms with Crippen molar-refractivity contribution in [3.63, 3.8) is 0 Å². The van der Waals surface area contributed by atoms with Crippen LogP contribution in [0, 0.1) is 6.92 Å². The zero-order valence-corrected chi connectivity index (χ0v) is 10.9. The largest absolute Gasteiger partial charge is 0.460 e. The van der Waals surface area contributed by atoms with Gasteiger partial charge in [0, 0.05) is 5.56 Å². The Morgan fingerprint density at radius 3 is 2.50 bits per heavy atom. The van der Waals surface area contributed by atoms with E-state index in [9.17, 15) is 9.59 Å². The summed E-state index contributed by atoms with van der Waals surface area (Å²) in [5, 5.41) is 0.486. The molecule has 0 unspecified atom stereocenters. The molecule has 3 heteroatoms. The van der Waals surface area contributed by atoms with Gasteiger partial charge in [-0.2, -0.15) is 0 Å². The molecular weight excluding hydrogens is 252 g/mol. The van der Waals surface area contributed by atoms with Gasteiger partial charge in [0.05, 0.1) is 10.9 Å². The zero-order valence-electron chi connectivity index (χ0n) is 10.9. The molecule has 3 rings (SSSR count). The maximum Gasteiger partial charge on any atom is 0.200 e. The zero-order chi connectivity index (χ0) is 14.1. The molecule has 0 fully saturated rings. The number of hydrogen-bond donors (Lipinski definition) is 0. The average molecular weight is 264 g/mol. The number of carbonyl (C=O) groups excluding carboxylic acids is 1. The summed E-state index contributed by atoms with van der Waals surface area (Å²) >= 11 is 0. The number of hydrogen-bond acceptors (Lipinski definition) is 3. The van der Waals surface area contributed by atoms with E-state index in [1.54, 1.807) is 25.1 Å². The fraction of sp³-hybridized carbons (Fsp3) is 0.0588. The third-order valence-electron chi connectivity index (χ3n) is 3.29. The first kappa shape index (κ1) is 12.4. The van der Waals surface area contributed by atoms with Gasteiger partial charge in [-0.15, -0.1) is 0 Å². The number of carbonyl (C=O) groups is 1. The molecule has 0 aliphatic carbocycles. The quantitative estimate of drug-likeness (QED) is 0.665. The molecule has 0 atom stereocenters. The summed E-state index contributed by atoms with van der Waals surface area (Å²) in [5.74, 6) is 0.553. The molecule has 3 aromatic rings. The summed E-state index contributed by atoms with van der Waals surface area (Å²) in [7, 11) is 0. The van der Waals surface area contributed by atoms with Crippen molar-refractivity contribution in [2.75, 3.05) is 0 Å². The fourth-order valence-corrected chi connectivity index (χ4v) is 2.33. The lowest BCUT2D eigenvalue weighted by molar-refractivity contribution is 0.112. The third kappa shape index (κ3) is 1.93. The number of benzene rings is 2. The highest BCUT2D eigenvalue weighted by Gasteiger charge is 2.13. The maximum absolute atomic E-state index is 12.6. The van der Waals surface area contributed by atoms with Crippen LogP contribution in [0.2, 0.25) is 0 Å². The summed E-state index contributed by atoms with van der Waals surface area (Å²) in [6.45, 7) is 1.76. The number of aldehydes is 1. The van der Waals surface area contributed by atoms with Gasteiger partial charge in [-0.05, 0) is 24.6 Å². The van der Waals surface area contributed by atoms with Crippen molar-refractivity contribution >= 4 is 17.3 Å². The minimum Gasteiger partial charge on any atom is -0.460 e. The van der Waals surface area contributed by atoms with Crippen LogP contribution in [-0.2, 0) is 0 Å². The molecule has 2 aromatic carbocycles. The van der Waals surface area contributed by atoms with E-state index in [0.29, 0.717) is 27.9 Å². The van der Waals surface area contributed by atoms with Crippen LogP contribution in [0.5, 0.6) is 0 Å². The van der Waals surface area contributed by atoms with Gasteiger partial charge in [0.15, 0.2) is 0 Å². The standard InChI is InChI=1S/C17H12O3/c1-11-16(13-5-3-2-4-6-13)17(19)14-8-7-12(10-18)9-15(14)20-11/h2-10H,1H3. The SMILES string of the molecule is Cc1oc2cc(C=O)ccc2c(=O)c1-c1ccccc1. The van der Waals surface area contributed by atoms with E-state index in [-0.39, 0.29) is 5.43 Å². The molecule has 0 spiro atoms. The molecular formula is C17H12O3. The first-order valence-corrected chi connectivity index (χ1v) is 6.29. The Balaban J connectivity index is 2.36. The van der Waals surface area contributed by atoms with Gasteiger partial charge >= 0.3 is 0 Å². The fourth-order valence-electron chi connectivity index (χ4n) is 2.33. The molecule has 1 aromatic heterocycles. The maximum atomic E-state index is 12.6. The van der Waals surface area contributed by atoms with Gasteiger partial charge in [-0.25, -0.2) is 0 Å². The minimum atomic E-state index is -0.0765. The second kappa shape index (κ2) is 4.78. The molecule has 20 heavy (non-hydrogen) atoms. The molecule has 1 heterocycles. The van der Waals surface area contributed by atoms with Gasteiger partial charge in [-0.1, -0.05) is 36.4 Å². The molecule has 0 aliphatic rings. The Labute approximate surface area is 115 Å². The Morgan fingerprint density at radius 2 is 1.80 bits per heavy atom. The summed E-state index contributed by atoms with van der Waals surface area (Å²) in [5.41, 5.74) is 2.26. The van der Waals surface area contributed by atoms with Crippen molar-refractivity contribution in [1.82, 2.24) is 0 Å². The van der Waals surface area contributed by atoms with E-state index in [4.69, 9.17) is 4.42 Å². The first-order valence-electron chi connectivity index (χ1n) is 6.29. The topological polar surface area (TPSA) is 47.3 Å². The van der Waals surface area contributed by atoms with Crippen LogP contribution in [0.3, 0.4) is 0 Å². The van der Waals surface area contributed by atoms with E-state index in [1.807, 2.05) is 30.3 Å². The number of aryl methyl sites for hydroxylation is 1. The van der Waals surface area contributed by atoms with Crippen LogP contribution in [0.25, 0.3) is 22.1 Å². The normalized spacial score (nSPS) is 10.7. The Hall–Kier alpha value is -2.68. The molecule has 0 aliphatic heterocycles. The van der Waals surface area contributed by atoms with Crippen molar-refractivity contribution in [1.29, 1.82) is 0 Å². The van der Waals surface area contributed by atoms with E-state index >= 15 is 0 Å². The van der Waals surface area contributed by atoms with Crippen molar-refractivity contribution in [3.8, 4) is 11.1 Å². The lowest BCUT2D eigenvalue weighted by atomic mass is 10.0. The van der Waals surface area contributed by atoms with Crippen LogP contribution >= 0.6 is 0 Å². The van der Waals surface area contributed by atoms with Crippen LogP contribution in [0.4, 0.5) is 0 Å². The molecule has 0 radical (unpaired) electrons. The Bertz CT molecular complexity index is 845. The highest BCUT2D eigenvalue weighted by molar-refractivity contribution is 5.88. The predicted octanol–water partition coefficient (Wildman–Crippen LogP) is 3.58. The molecule has 0 amide bonds. The van der Waals surface area contributed by atoms with Crippen LogP contribution in [0.1, 0.15) is 16.1 Å². The molecule has 98 valence electrons. The van der Waals surface area contributed by atoms with Crippen LogP contribution < -0.4 is 5.43 Å².